The predicted octanol–water partition coefficient (Wildman–Crippen LogP) is 4.22. The Labute approximate surface area is 169 Å². The van der Waals surface area contributed by atoms with E-state index in [0.29, 0.717) is 18.3 Å². The Bertz CT molecular complexity index is 921. The van der Waals surface area contributed by atoms with E-state index >= 15 is 0 Å². The number of thioether (sulfide) groups is 1. The second kappa shape index (κ2) is 9.41. The minimum atomic E-state index is -0.0601. The number of aryl methyl sites for hydroxylation is 2. The molecule has 7 heteroatoms. The molecule has 0 saturated carbocycles. The number of aromatic nitrogens is 3. The van der Waals surface area contributed by atoms with Gasteiger partial charge < -0.3 is 14.6 Å². The molecule has 0 aliphatic carbocycles. The van der Waals surface area contributed by atoms with E-state index in [9.17, 15) is 4.79 Å². The minimum Gasteiger partial charge on any atom is -0.486 e. The molecule has 0 fully saturated rings. The first-order valence-electron chi connectivity index (χ1n) is 9.17. The average molecular weight is 397 g/mol. The average Bonchev–Trinajstić information content (AvgIpc) is 3.10. The first kappa shape index (κ1) is 19.9. The van der Waals surface area contributed by atoms with E-state index in [1.54, 1.807) is 0 Å². The monoisotopic (exact) mass is 396 g/mol. The molecule has 0 unspecified atom stereocenters. The van der Waals surface area contributed by atoms with Crippen LogP contribution >= 0.6 is 11.8 Å². The van der Waals surface area contributed by atoms with Crippen molar-refractivity contribution in [3.05, 3.63) is 65.5 Å². The minimum absolute atomic E-state index is 0.0601. The van der Waals surface area contributed by atoms with Crippen molar-refractivity contribution in [2.45, 2.75) is 39.1 Å². The van der Waals surface area contributed by atoms with Crippen LogP contribution in [0.5, 0.6) is 5.75 Å². The molecule has 146 valence electrons. The normalized spacial score (nSPS) is 10.7. The maximum absolute atomic E-state index is 12.4. The molecule has 1 heterocycles. The smallest absolute Gasteiger partial charge is 0.234 e. The molecule has 3 rings (SSSR count). The van der Waals surface area contributed by atoms with Crippen LogP contribution in [0.3, 0.4) is 0 Å². The molecular weight excluding hydrogens is 372 g/mol. The number of para-hydroxylation sites is 2. The van der Waals surface area contributed by atoms with E-state index < -0.39 is 0 Å². The Hall–Kier alpha value is -2.80. The lowest BCUT2D eigenvalue weighted by molar-refractivity contribution is -0.113. The summed E-state index contributed by atoms with van der Waals surface area (Å²) >= 11 is 1.37. The van der Waals surface area contributed by atoms with Gasteiger partial charge in [-0.3, -0.25) is 4.79 Å². The summed E-state index contributed by atoms with van der Waals surface area (Å²) in [5, 5.41) is 12.2. The van der Waals surface area contributed by atoms with Gasteiger partial charge in [-0.15, -0.1) is 10.2 Å². The first-order chi connectivity index (χ1) is 13.6. The zero-order chi connectivity index (χ0) is 19.9. The van der Waals surface area contributed by atoms with Gasteiger partial charge >= 0.3 is 0 Å². The van der Waals surface area contributed by atoms with Crippen molar-refractivity contribution in [1.82, 2.24) is 14.8 Å². The number of rotatable bonds is 8. The van der Waals surface area contributed by atoms with Gasteiger partial charge in [0, 0.05) is 12.2 Å². The van der Waals surface area contributed by atoms with Gasteiger partial charge in [0.2, 0.25) is 5.91 Å². The highest BCUT2D eigenvalue weighted by Crippen LogP contribution is 2.22. The molecule has 1 amide bonds. The number of ether oxygens (including phenoxy) is 1. The zero-order valence-electron chi connectivity index (χ0n) is 16.3. The van der Waals surface area contributed by atoms with Gasteiger partial charge in [-0.1, -0.05) is 48.2 Å². The molecule has 0 saturated heterocycles. The van der Waals surface area contributed by atoms with E-state index in [1.165, 1.54) is 11.8 Å². The maximum atomic E-state index is 12.4. The van der Waals surface area contributed by atoms with Crippen LogP contribution in [0.4, 0.5) is 5.69 Å². The number of anilines is 1. The largest absolute Gasteiger partial charge is 0.486 e. The molecule has 2 aromatic carbocycles. The van der Waals surface area contributed by atoms with Gasteiger partial charge in [-0.05, 0) is 44.0 Å². The third-order valence-corrected chi connectivity index (χ3v) is 5.27. The molecule has 6 nitrogen and oxygen atoms in total. The van der Waals surface area contributed by atoms with Crippen molar-refractivity contribution in [1.29, 1.82) is 0 Å². The lowest BCUT2D eigenvalue weighted by Gasteiger charge is -2.11. The summed E-state index contributed by atoms with van der Waals surface area (Å²) in [6.07, 6.45) is 0. The molecule has 28 heavy (non-hydrogen) atoms. The molecular formula is C21H24N4O2S. The van der Waals surface area contributed by atoms with E-state index in [1.807, 2.05) is 73.9 Å². The topological polar surface area (TPSA) is 69.0 Å². The quantitative estimate of drug-likeness (QED) is 0.577. The number of nitrogens with one attached hydrogen (secondary N) is 1. The summed E-state index contributed by atoms with van der Waals surface area (Å²) in [5.41, 5.74) is 2.98. The summed E-state index contributed by atoms with van der Waals surface area (Å²) in [6, 6.07) is 15.6. The predicted molar refractivity (Wildman–Crippen MR) is 112 cm³/mol. The molecule has 0 aliphatic heterocycles. The fourth-order valence-corrected chi connectivity index (χ4v) is 3.65. The van der Waals surface area contributed by atoms with E-state index in [4.69, 9.17) is 4.74 Å². The van der Waals surface area contributed by atoms with Crippen molar-refractivity contribution in [2.75, 3.05) is 11.1 Å². The van der Waals surface area contributed by atoms with E-state index in [2.05, 4.69) is 15.5 Å². The second-order valence-electron chi connectivity index (χ2n) is 6.35. The maximum Gasteiger partial charge on any atom is 0.234 e. The fraction of sp³-hybridized carbons (Fsp3) is 0.286. The molecule has 1 aromatic heterocycles. The van der Waals surface area contributed by atoms with Crippen molar-refractivity contribution in [2.24, 2.45) is 0 Å². The highest BCUT2D eigenvalue weighted by molar-refractivity contribution is 7.99. The Morgan fingerprint density at radius 3 is 2.46 bits per heavy atom. The summed E-state index contributed by atoms with van der Waals surface area (Å²) < 4.78 is 7.74. The number of hydrogen-bond acceptors (Lipinski definition) is 5. The van der Waals surface area contributed by atoms with E-state index in [-0.39, 0.29) is 11.7 Å². The number of carbonyl (C=O) groups excluding carboxylic acids is 1. The lowest BCUT2D eigenvalue weighted by Crippen LogP contribution is -2.16. The van der Waals surface area contributed by atoms with Gasteiger partial charge in [-0.2, -0.15) is 0 Å². The first-order valence-corrected chi connectivity index (χ1v) is 10.2. The third-order valence-electron chi connectivity index (χ3n) is 4.30. The van der Waals surface area contributed by atoms with Crippen LogP contribution < -0.4 is 10.1 Å². The second-order valence-corrected chi connectivity index (χ2v) is 7.29. The Kier molecular flexibility index (Phi) is 6.71. The highest BCUT2D eigenvalue weighted by Gasteiger charge is 2.14. The highest BCUT2D eigenvalue weighted by atomic mass is 32.2. The number of hydrogen-bond donors (Lipinski definition) is 1. The van der Waals surface area contributed by atoms with Crippen LogP contribution in [-0.4, -0.2) is 26.4 Å². The van der Waals surface area contributed by atoms with Gasteiger partial charge in [0.1, 0.15) is 12.4 Å². The summed E-state index contributed by atoms with van der Waals surface area (Å²) in [4.78, 5) is 12.4. The number of benzene rings is 2. The molecule has 0 bridgehead atoms. The van der Waals surface area contributed by atoms with Gasteiger partial charge in [0.25, 0.3) is 0 Å². The van der Waals surface area contributed by atoms with E-state index in [0.717, 1.165) is 28.4 Å². The molecule has 0 spiro atoms. The Balaban J connectivity index is 1.60. The Morgan fingerprint density at radius 2 is 1.79 bits per heavy atom. The summed E-state index contributed by atoms with van der Waals surface area (Å²) in [7, 11) is 0. The van der Waals surface area contributed by atoms with Gasteiger partial charge in [0.15, 0.2) is 11.0 Å². The lowest BCUT2D eigenvalue weighted by atomic mass is 10.1. The fourth-order valence-electron chi connectivity index (χ4n) is 2.83. The van der Waals surface area contributed by atoms with Crippen LogP contribution in [0.15, 0.2) is 53.7 Å². The van der Waals surface area contributed by atoms with Gasteiger partial charge in [0.05, 0.1) is 5.75 Å². The van der Waals surface area contributed by atoms with Gasteiger partial charge in [-0.25, -0.2) is 0 Å². The van der Waals surface area contributed by atoms with Crippen molar-refractivity contribution >= 4 is 23.4 Å². The van der Waals surface area contributed by atoms with Crippen molar-refractivity contribution < 1.29 is 9.53 Å². The van der Waals surface area contributed by atoms with Crippen molar-refractivity contribution in [3.8, 4) is 5.75 Å². The molecule has 1 N–H and O–H groups in total. The summed E-state index contributed by atoms with van der Waals surface area (Å²) in [6.45, 7) is 7.04. The Morgan fingerprint density at radius 1 is 1.07 bits per heavy atom. The molecule has 3 aromatic rings. The van der Waals surface area contributed by atoms with Crippen LogP contribution in [0.1, 0.15) is 23.9 Å². The number of carbonyl (C=O) groups is 1. The summed E-state index contributed by atoms with van der Waals surface area (Å²) in [5.74, 6) is 1.74. The van der Waals surface area contributed by atoms with Crippen LogP contribution in [0, 0.1) is 13.8 Å². The molecule has 0 atom stereocenters. The van der Waals surface area contributed by atoms with Crippen molar-refractivity contribution in [3.63, 3.8) is 0 Å². The van der Waals surface area contributed by atoms with Crippen LogP contribution in [-0.2, 0) is 17.9 Å². The number of nitrogens with zero attached hydrogens (tertiary/aromatic N) is 3. The van der Waals surface area contributed by atoms with Crippen LogP contribution in [0.2, 0.25) is 0 Å². The number of amides is 1. The third kappa shape index (κ3) is 4.92. The zero-order valence-corrected chi connectivity index (χ0v) is 17.1. The van der Waals surface area contributed by atoms with Crippen LogP contribution in [0.25, 0.3) is 0 Å². The molecule has 0 aliphatic rings. The SMILES string of the molecule is CCn1c(COc2ccccc2)nnc1SCC(=O)Nc1c(C)cccc1C. The molecule has 0 radical (unpaired) electrons. The standard InChI is InChI=1S/C21H24N4O2S/c1-4-25-18(13-27-17-11-6-5-7-12-17)23-24-21(25)28-14-19(26)22-20-15(2)9-8-10-16(20)3/h5-12H,4,13-14H2,1-3H3,(H,22,26).